The lowest BCUT2D eigenvalue weighted by atomic mass is 9.81. The minimum Gasteiger partial charge on any atom is -0.348 e. The fourth-order valence-electron chi connectivity index (χ4n) is 2.86. The van der Waals surface area contributed by atoms with Crippen molar-refractivity contribution in [3.05, 3.63) is 35.9 Å². The Kier molecular flexibility index (Phi) is 4.48. The second kappa shape index (κ2) is 5.96. The highest BCUT2D eigenvalue weighted by molar-refractivity contribution is 5.80. The second-order valence-corrected chi connectivity index (χ2v) is 6.96. The van der Waals surface area contributed by atoms with E-state index < -0.39 is 0 Å². The lowest BCUT2D eigenvalue weighted by Gasteiger charge is -2.33. The average Bonchev–Trinajstić information content (AvgIpc) is 2.82. The highest BCUT2D eigenvalue weighted by atomic mass is 16.2. The van der Waals surface area contributed by atoms with E-state index in [9.17, 15) is 4.79 Å². The van der Waals surface area contributed by atoms with Crippen molar-refractivity contribution in [1.82, 2.24) is 10.6 Å². The molecule has 0 aromatic heterocycles. The molecule has 1 unspecified atom stereocenters. The summed E-state index contributed by atoms with van der Waals surface area (Å²) in [5, 5.41) is 6.56. The van der Waals surface area contributed by atoms with Gasteiger partial charge in [-0.3, -0.25) is 4.79 Å². The molecular weight excluding hydrogens is 248 g/mol. The van der Waals surface area contributed by atoms with Crippen molar-refractivity contribution in [1.29, 1.82) is 0 Å². The minimum absolute atomic E-state index is 0.00765. The quantitative estimate of drug-likeness (QED) is 0.890. The van der Waals surface area contributed by atoms with Gasteiger partial charge < -0.3 is 10.6 Å². The van der Waals surface area contributed by atoms with Crippen LogP contribution < -0.4 is 10.6 Å². The van der Waals surface area contributed by atoms with Crippen molar-refractivity contribution < 1.29 is 4.79 Å². The molecule has 0 aliphatic carbocycles. The zero-order valence-electron chi connectivity index (χ0n) is 12.9. The highest BCUT2D eigenvalue weighted by Crippen LogP contribution is 2.33. The van der Waals surface area contributed by atoms with E-state index in [4.69, 9.17) is 0 Å². The molecule has 1 saturated heterocycles. The molecule has 20 heavy (non-hydrogen) atoms. The van der Waals surface area contributed by atoms with Gasteiger partial charge in [-0.15, -0.1) is 0 Å². The summed E-state index contributed by atoms with van der Waals surface area (Å²) < 4.78 is 0. The summed E-state index contributed by atoms with van der Waals surface area (Å²) in [5.74, 6) is 0.668. The first-order valence-corrected chi connectivity index (χ1v) is 7.45. The van der Waals surface area contributed by atoms with Gasteiger partial charge in [-0.25, -0.2) is 0 Å². The smallest absolute Gasteiger partial charge is 0.225 e. The molecule has 1 aliphatic rings. The Morgan fingerprint density at radius 1 is 1.25 bits per heavy atom. The van der Waals surface area contributed by atoms with Gasteiger partial charge in [-0.05, 0) is 23.4 Å². The van der Waals surface area contributed by atoms with Crippen LogP contribution in [0.25, 0.3) is 0 Å². The lowest BCUT2D eigenvalue weighted by molar-refractivity contribution is -0.127. The van der Waals surface area contributed by atoms with Gasteiger partial charge in [0.1, 0.15) is 0 Å². The third-order valence-corrected chi connectivity index (χ3v) is 4.14. The van der Waals surface area contributed by atoms with Crippen LogP contribution in [0.1, 0.15) is 39.3 Å². The maximum atomic E-state index is 12.5. The van der Waals surface area contributed by atoms with Crippen molar-refractivity contribution in [2.45, 2.75) is 33.7 Å². The standard InChI is InChI=1S/C17H26N2O/c1-12-10-18-11-14(12)16(20)19-15(17(2,3)4)13-8-6-5-7-9-13/h5-9,12,14-15,18H,10-11H2,1-4H3,(H,19,20)/t12-,14-,15?/m1/s1. The largest absolute Gasteiger partial charge is 0.348 e. The first kappa shape index (κ1) is 15.0. The van der Waals surface area contributed by atoms with E-state index >= 15 is 0 Å². The maximum Gasteiger partial charge on any atom is 0.225 e. The minimum atomic E-state index is -0.00765. The Balaban J connectivity index is 2.15. The number of rotatable bonds is 3. The first-order chi connectivity index (χ1) is 9.39. The van der Waals surface area contributed by atoms with Crippen molar-refractivity contribution in [2.24, 2.45) is 17.3 Å². The SMILES string of the molecule is C[C@@H]1CNC[C@H]1C(=O)NC(c1ccccc1)C(C)(C)C. The van der Waals surface area contributed by atoms with E-state index in [-0.39, 0.29) is 23.3 Å². The van der Waals surface area contributed by atoms with Crippen LogP contribution in [0.2, 0.25) is 0 Å². The molecule has 110 valence electrons. The molecule has 0 spiro atoms. The number of hydrogen-bond acceptors (Lipinski definition) is 2. The van der Waals surface area contributed by atoms with E-state index in [1.807, 2.05) is 18.2 Å². The summed E-state index contributed by atoms with van der Waals surface area (Å²) in [6, 6.07) is 10.3. The fourth-order valence-corrected chi connectivity index (χ4v) is 2.86. The predicted octanol–water partition coefficient (Wildman–Crippen LogP) is 2.75. The van der Waals surface area contributed by atoms with Crippen LogP contribution in [0, 0.1) is 17.3 Å². The van der Waals surface area contributed by atoms with Gasteiger partial charge in [0, 0.05) is 6.54 Å². The zero-order chi connectivity index (χ0) is 14.8. The van der Waals surface area contributed by atoms with Crippen molar-refractivity contribution >= 4 is 5.91 Å². The molecule has 3 nitrogen and oxygen atoms in total. The van der Waals surface area contributed by atoms with Gasteiger partial charge in [0.05, 0.1) is 12.0 Å². The van der Waals surface area contributed by atoms with Crippen LogP contribution in [0.5, 0.6) is 0 Å². The van der Waals surface area contributed by atoms with E-state index in [0.29, 0.717) is 5.92 Å². The number of carbonyl (C=O) groups is 1. The molecule has 0 saturated carbocycles. The average molecular weight is 274 g/mol. The Labute approximate surface area is 122 Å². The summed E-state index contributed by atoms with van der Waals surface area (Å²) >= 11 is 0. The second-order valence-electron chi connectivity index (χ2n) is 6.96. The Morgan fingerprint density at radius 3 is 2.40 bits per heavy atom. The summed E-state index contributed by atoms with van der Waals surface area (Å²) in [6.45, 7) is 10.4. The zero-order valence-corrected chi connectivity index (χ0v) is 12.9. The van der Waals surface area contributed by atoms with Gasteiger partial charge in [-0.2, -0.15) is 0 Å². The molecule has 3 heteroatoms. The van der Waals surface area contributed by atoms with Crippen molar-refractivity contribution in [3.8, 4) is 0 Å². The van der Waals surface area contributed by atoms with Crippen LogP contribution in [0.4, 0.5) is 0 Å². The maximum absolute atomic E-state index is 12.5. The molecule has 1 heterocycles. The lowest BCUT2D eigenvalue weighted by Crippen LogP contribution is -2.41. The molecule has 2 rings (SSSR count). The summed E-state index contributed by atoms with van der Waals surface area (Å²) in [6.07, 6.45) is 0. The van der Waals surface area contributed by atoms with Crippen LogP contribution >= 0.6 is 0 Å². The third kappa shape index (κ3) is 3.40. The van der Waals surface area contributed by atoms with Crippen LogP contribution in [-0.2, 0) is 4.79 Å². The van der Waals surface area contributed by atoms with Crippen LogP contribution in [0.15, 0.2) is 30.3 Å². The van der Waals surface area contributed by atoms with Gasteiger partial charge >= 0.3 is 0 Å². The molecule has 2 N–H and O–H groups in total. The topological polar surface area (TPSA) is 41.1 Å². The normalized spacial score (nSPS) is 24.4. The predicted molar refractivity (Wildman–Crippen MR) is 82.3 cm³/mol. The van der Waals surface area contributed by atoms with E-state index in [1.54, 1.807) is 0 Å². The fraction of sp³-hybridized carbons (Fsp3) is 0.588. The third-order valence-electron chi connectivity index (χ3n) is 4.14. The van der Waals surface area contributed by atoms with Crippen LogP contribution in [-0.4, -0.2) is 19.0 Å². The molecule has 1 aromatic carbocycles. The molecule has 3 atom stereocenters. The van der Waals surface area contributed by atoms with E-state index in [2.05, 4.69) is 50.5 Å². The number of carbonyl (C=O) groups excluding carboxylic acids is 1. The van der Waals surface area contributed by atoms with Crippen molar-refractivity contribution in [2.75, 3.05) is 13.1 Å². The Hall–Kier alpha value is -1.35. The van der Waals surface area contributed by atoms with Crippen molar-refractivity contribution in [3.63, 3.8) is 0 Å². The Morgan fingerprint density at radius 2 is 1.90 bits per heavy atom. The molecule has 1 aromatic rings. The number of hydrogen-bond donors (Lipinski definition) is 2. The summed E-state index contributed by atoms with van der Waals surface area (Å²) in [7, 11) is 0. The number of nitrogens with one attached hydrogen (secondary N) is 2. The molecule has 0 bridgehead atoms. The molecule has 1 fully saturated rings. The van der Waals surface area contributed by atoms with Gasteiger partial charge in [0.25, 0.3) is 0 Å². The number of benzene rings is 1. The Bertz CT molecular complexity index is 450. The van der Waals surface area contributed by atoms with Gasteiger partial charge in [-0.1, -0.05) is 58.0 Å². The number of amides is 1. The van der Waals surface area contributed by atoms with E-state index in [1.165, 1.54) is 5.56 Å². The van der Waals surface area contributed by atoms with Gasteiger partial charge in [0.2, 0.25) is 5.91 Å². The van der Waals surface area contributed by atoms with E-state index in [0.717, 1.165) is 13.1 Å². The summed E-state index contributed by atoms with van der Waals surface area (Å²) in [5.41, 5.74) is 1.17. The molecular formula is C17H26N2O. The molecule has 1 amide bonds. The first-order valence-electron chi connectivity index (χ1n) is 7.45. The highest BCUT2D eigenvalue weighted by Gasteiger charge is 2.34. The molecule has 0 radical (unpaired) electrons. The summed E-state index contributed by atoms with van der Waals surface area (Å²) in [4.78, 5) is 12.5. The van der Waals surface area contributed by atoms with Gasteiger partial charge in [0.15, 0.2) is 0 Å². The van der Waals surface area contributed by atoms with Crippen LogP contribution in [0.3, 0.4) is 0 Å². The monoisotopic (exact) mass is 274 g/mol. The molecule has 1 aliphatic heterocycles.